The summed E-state index contributed by atoms with van der Waals surface area (Å²) in [5, 5.41) is 6.24. The van der Waals surface area contributed by atoms with Gasteiger partial charge < -0.3 is 15.4 Å². The Bertz CT molecular complexity index is 291. The van der Waals surface area contributed by atoms with Crippen molar-refractivity contribution in [2.75, 3.05) is 20.2 Å². The van der Waals surface area contributed by atoms with Crippen LogP contribution < -0.4 is 10.6 Å². The molecule has 0 aromatic heterocycles. The van der Waals surface area contributed by atoms with Crippen LogP contribution in [0.2, 0.25) is 0 Å². The lowest BCUT2D eigenvalue weighted by Gasteiger charge is -2.19. The number of ether oxygens (including phenoxy) is 1. The van der Waals surface area contributed by atoms with Gasteiger partial charge in [-0.1, -0.05) is 12.2 Å². The minimum absolute atomic E-state index is 0.0703. The highest BCUT2D eigenvalue weighted by atomic mass is 16.5. The smallest absolute Gasteiger partial charge is 0.237 e. The molecule has 1 aliphatic heterocycles. The molecule has 0 bridgehead atoms. The van der Waals surface area contributed by atoms with E-state index in [2.05, 4.69) is 22.8 Å². The van der Waals surface area contributed by atoms with Crippen molar-refractivity contribution in [3.05, 3.63) is 12.2 Å². The summed E-state index contributed by atoms with van der Waals surface area (Å²) in [4.78, 5) is 11.9. The Balaban J connectivity index is 1.68. The van der Waals surface area contributed by atoms with Gasteiger partial charge in [0.2, 0.25) is 5.91 Å². The largest absolute Gasteiger partial charge is 0.380 e. The second-order valence-electron chi connectivity index (χ2n) is 4.95. The molecule has 3 unspecified atom stereocenters. The number of nitrogens with one attached hydrogen (secondary N) is 2. The molecule has 2 rings (SSSR count). The van der Waals surface area contributed by atoms with Crippen molar-refractivity contribution in [2.24, 2.45) is 5.92 Å². The summed E-state index contributed by atoms with van der Waals surface area (Å²) in [5.41, 5.74) is 0. The van der Waals surface area contributed by atoms with Crippen LogP contribution in [0.15, 0.2) is 12.2 Å². The number of hydrogen-bond donors (Lipinski definition) is 2. The first-order valence-electron chi connectivity index (χ1n) is 6.48. The normalized spacial score (nSPS) is 32.6. The molecule has 2 N–H and O–H groups in total. The molecule has 2 aliphatic rings. The molecule has 1 fully saturated rings. The van der Waals surface area contributed by atoms with Crippen LogP contribution in [0.5, 0.6) is 0 Å². The average Bonchev–Trinajstić information content (AvgIpc) is 2.86. The topological polar surface area (TPSA) is 50.4 Å². The van der Waals surface area contributed by atoms with Gasteiger partial charge in [0, 0.05) is 20.2 Å². The zero-order chi connectivity index (χ0) is 12.1. The number of rotatable bonds is 4. The molecule has 0 aromatic rings. The summed E-state index contributed by atoms with van der Waals surface area (Å²) < 4.78 is 5.23. The molecule has 1 heterocycles. The molecular formula is C13H22N2O2. The van der Waals surface area contributed by atoms with Gasteiger partial charge in [-0.2, -0.15) is 0 Å². The molecular weight excluding hydrogens is 216 g/mol. The second kappa shape index (κ2) is 6.17. The summed E-state index contributed by atoms with van der Waals surface area (Å²) in [5.74, 6) is 0.739. The first-order chi connectivity index (χ1) is 8.29. The Morgan fingerprint density at radius 2 is 2.41 bits per heavy atom. The Hall–Kier alpha value is -0.870. The van der Waals surface area contributed by atoms with Gasteiger partial charge in [-0.25, -0.2) is 0 Å². The minimum Gasteiger partial charge on any atom is -0.380 e. The van der Waals surface area contributed by atoms with E-state index in [0.717, 1.165) is 32.4 Å². The summed E-state index contributed by atoms with van der Waals surface area (Å²) in [6.07, 6.45) is 8.84. The Labute approximate surface area is 103 Å². The highest BCUT2D eigenvalue weighted by Crippen LogP contribution is 2.17. The molecule has 1 amide bonds. The van der Waals surface area contributed by atoms with E-state index in [4.69, 9.17) is 4.74 Å². The lowest BCUT2D eigenvalue weighted by Crippen LogP contribution is -2.42. The monoisotopic (exact) mass is 238 g/mol. The average molecular weight is 238 g/mol. The van der Waals surface area contributed by atoms with Crippen molar-refractivity contribution in [3.63, 3.8) is 0 Å². The summed E-state index contributed by atoms with van der Waals surface area (Å²) in [7, 11) is 1.70. The third kappa shape index (κ3) is 3.54. The van der Waals surface area contributed by atoms with E-state index in [9.17, 15) is 4.79 Å². The molecule has 0 aromatic carbocycles. The van der Waals surface area contributed by atoms with Gasteiger partial charge in [0.25, 0.3) is 0 Å². The maximum atomic E-state index is 11.9. The minimum atomic E-state index is -0.0703. The number of carbonyl (C=O) groups is 1. The molecule has 0 spiro atoms. The van der Waals surface area contributed by atoms with E-state index in [0.29, 0.717) is 5.92 Å². The quantitative estimate of drug-likeness (QED) is 0.713. The van der Waals surface area contributed by atoms with Crippen LogP contribution in [0.3, 0.4) is 0 Å². The molecule has 17 heavy (non-hydrogen) atoms. The van der Waals surface area contributed by atoms with Crippen LogP contribution in [-0.4, -0.2) is 38.3 Å². The highest BCUT2D eigenvalue weighted by molar-refractivity contribution is 5.82. The zero-order valence-corrected chi connectivity index (χ0v) is 10.4. The van der Waals surface area contributed by atoms with E-state index in [1.165, 1.54) is 6.42 Å². The lowest BCUT2D eigenvalue weighted by atomic mass is 9.94. The maximum absolute atomic E-state index is 11.9. The van der Waals surface area contributed by atoms with Crippen molar-refractivity contribution in [1.29, 1.82) is 0 Å². The second-order valence-corrected chi connectivity index (χ2v) is 4.95. The van der Waals surface area contributed by atoms with Crippen molar-refractivity contribution in [1.82, 2.24) is 10.6 Å². The van der Waals surface area contributed by atoms with E-state index in [1.807, 2.05) is 0 Å². The molecule has 0 saturated carbocycles. The molecule has 0 radical (unpaired) electrons. The third-order valence-electron chi connectivity index (χ3n) is 3.68. The van der Waals surface area contributed by atoms with Crippen molar-refractivity contribution < 1.29 is 9.53 Å². The molecule has 1 saturated heterocycles. The van der Waals surface area contributed by atoms with Gasteiger partial charge in [0.1, 0.15) is 0 Å². The predicted molar refractivity (Wildman–Crippen MR) is 66.7 cm³/mol. The van der Waals surface area contributed by atoms with Crippen LogP contribution in [0.1, 0.15) is 25.7 Å². The van der Waals surface area contributed by atoms with E-state index in [-0.39, 0.29) is 18.1 Å². The van der Waals surface area contributed by atoms with Gasteiger partial charge >= 0.3 is 0 Å². The van der Waals surface area contributed by atoms with E-state index >= 15 is 0 Å². The molecule has 4 nitrogen and oxygen atoms in total. The molecule has 96 valence electrons. The Morgan fingerprint density at radius 1 is 1.53 bits per heavy atom. The van der Waals surface area contributed by atoms with Gasteiger partial charge in [-0.3, -0.25) is 4.79 Å². The van der Waals surface area contributed by atoms with Gasteiger partial charge in [0.15, 0.2) is 0 Å². The fourth-order valence-corrected chi connectivity index (χ4v) is 2.49. The van der Waals surface area contributed by atoms with Crippen LogP contribution in [0.4, 0.5) is 0 Å². The zero-order valence-electron chi connectivity index (χ0n) is 10.4. The Kier molecular flexibility index (Phi) is 4.57. The fraction of sp³-hybridized carbons (Fsp3) is 0.769. The van der Waals surface area contributed by atoms with Crippen LogP contribution in [0, 0.1) is 5.92 Å². The van der Waals surface area contributed by atoms with Crippen LogP contribution in [-0.2, 0) is 9.53 Å². The first kappa shape index (κ1) is 12.6. The first-order valence-corrected chi connectivity index (χ1v) is 6.48. The summed E-state index contributed by atoms with van der Waals surface area (Å²) in [6, 6.07) is -0.0703. The standard InChI is InChI=1S/C13H22N2O2/c1-17-11-7-12(14-9-11)13(16)15-8-10-5-3-2-4-6-10/h2-3,10-12,14H,4-9H2,1H3,(H,15,16). The Morgan fingerprint density at radius 3 is 3.06 bits per heavy atom. The fourth-order valence-electron chi connectivity index (χ4n) is 2.49. The van der Waals surface area contributed by atoms with Crippen molar-refractivity contribution in [2.45, 2.75) is 37.8 Å². The molecule has 4 heteroatoms. The predicted octanol–water partition coefficient (Wildman–Crippen LogP) is 0.836. The SMILES string of the molecule is COC1CNC(C(=O)NCC2CC=CCC2)C1. The van der Waals surface area contributed by atoms with Crippen molar-refractivity contribution >= 4 is 5.91 Å². The van der Waals surface area contributed by atoms with Crippen LogP contribution in [0.25, 0.3) is 0 Å². The summed E-state index contributed by atoms with van der Waals surface area (Å²) in [6.45, 7) is 1.58. The number of hydrogen-bond acceptors (Lipinski definition) is 3. The maximum Gasteiger partial charge on any atom is 0.237 e. The number of methoxy groups -OCH3 is 1. The van der Waals surface area contributed by atoms with Gasteiger partial charge in [0.05, 0.1) is 12.1 Å². The number of allylic oxidation sites excluding steroid dienone is 2. The lowest BCUT2D eigenvalue weighted by molar-refractivity contribution is -0.123. The van der Waals surface area contributed by atoms with Crippen LogP contribution >= 0.6 is 0 Å². The van der Waals surface area contributed by atoms with Gasteiger partial charge in [-0.15, -0.1) is 0 Å². The number of amides is 1. The third-order valence-corrected chi connectivity index (χ3v) is 3.68. The molecule has 3 atom stereocenters. The molecule has 1 aliphatic carbocycles. The number of carbonyl (C=O) groups excluding carboxylic acids is 1. The van der Waals surface area contributed by atoms with E-state index in [1.54, 1.807) is 7.11 Å². The summed E-state index contributed by atoms with van der Waals surface area (Å²) >= 11 is 0. The van der Waals surface area contributed by atoms with Crippen molar-refractivity contribution in [3.8, 4) is 0 Å². The van der Waals surface area contributed by atoms with Gasteiger partial charge in [-0.05, 0) is 31.6 Å². The van der Waals surface area contributed by atoms with E-state index < -0.39 is 0 Å². The highest BCUT2D eigenvalue weighted by Gasteiger charge is 2.29.